The lowest BCUT2D eigenvalue weighted by Crippen LogP contribution is -2.56. The average Bonchev–Trinajstić information content (AvgIpc) is 2.86. The van der Waals surface area contributed by atoms with Crippen LogP contribution >= 0.6 is 23.2 Å². The van der Waals surface area contributed by atoms with Gasteiger partial charge in [-0.25, -0.2) is 4.79 Å². The third-order valence-electron chi connectivity index (χ3n) is 7.02. The van der Waals surface area contributed by atoms with E-state index in [2.05, 4.69) is 27.9 Å². The quantitative estimate of drug-likeness (QED) is 0.408. The summed E-state index contributed by atoms with van der Waals surface area (Å²) < 4.78 is 11.6. The van der Waals surface area contributed by atoms with E-state index in [0.717, 1.165) is 48.1 Å². The molecule has 178 valence electrons. The molecule has 0 saturated carbocycles. The number of ether oxygens (including phenoxy) is 2. The van der Waals surface area contributed by atoms with Crippen LogP contribution in [0.25, 0.3) is 10.9 Å². The highest BCUT2D eigenvalue weighted by molar-refractivity contribution is 6.22. The number of carbonyl (C=O) groups is 1. The number of nitrogens with zero attached hydrogens (tertiary/aromatic N) is 2. The lowest BCUT2D eigenvalue weighted by molar-refractivity contribution is -0.0506. The molecule has 0 radical (unpaired) electrons. The number of methoxy groups -OCH3 is 1. The second kappa shape index (κ2) is 10.1. The van der Waals surface area contributed by atoms with Gasteiger partial charge in [0.05, 0.1) is 24.2 Å². The Balaban J connectivity index is 1.72. The highest BCUT2D eigenvalue weighted by Gasteiger charge is 2.44. The zero-order valence-corrected chi connectivity index (χ0v) is 20.6. The van der Waals surface area contributed by atoms with Crippen LogP contribution in [0.3, 0.4) is 0 Å². The molecular weight excluding hydrogens is 461 g/mol. The van der Waals surface area contributed by atoms with Crippen molar-refractivity contribution in [2.24, 2.45) is 11.8 Å². The molecule has 2 aromatic rings. The lowest BCUT2D eigenvalue weighted by Gasteiger charge is -2.51. The summed E-state index contributed by atoms with van der Waals surface area (Å²) in [4.78, 5) is 20.0. The van der Waals surface area contributed by atoms with Gasteiger partial charge in [0.1, 0.15) is 11.9 Å². The highest BCUT2D eigenvalue weighted by Crippen LogP contribution is 2.43. The molecule has 2 unspecified atom stereocenters. The van der Waals surface area contributed by atoms with Crippen LogP contribution in [0.1, 0.15) is 31.4 Å². The second-order valence-corrected chi connectivity index (χ2v) is 9.84. The number of hydrogen-bond acceptors (Lipinski definition) is 5. The Hall–Kier alpha value is -2.02. The molecule has 0 aliphatic carbocycles. The molecule has 4 heterocycles. The smallest absolute Gasteiger partial charge is 0.408 e. The maximum absolute atomic E-state index is 13.1. The van der Waals surface area contributed by atoms with Crippen LogP contribution < -0.4 is 10.1 Å². The van der Waals surface area contributed by atoms with Crippen LogP contribution in [0.5, 0.6) is 5.75 Å². The maximum atomic E-state index is 13.1. The number of amides is 1. The molecule has 2 bridgehead atoms. The predicted molar refractivity (Wildman–Crippen MR) is 132 cm³/mol. The van der Waals surface area contributed by atoms with Crippen LogP contribution in [0.4, 0.5) is 4.79 Å². The van der Waals surface area contributed by atoms with Crippen molar-refractivity contribution in [3.05, 3.63) is 48.7 Å². The number of halogens is 2. The maximum Gasteiger partial charge on any atom is 0.408 e. The molecule has 3 fully saturated rings. The number of piperidine rings is 3. The summed E-state index contributed by atoms with van der Waals surface area (Å²) in [6.07, 6.45) is 4.89. The van der Waals surface area contributed by atoms with Gasteiger partial charge >= 0.3 is 6.09 Å². The molecule has 5 rings (SSSR count). The van der Waals surface area contributed by atoms with E-state index in [4.69, 9.17) is 32.7 Å². The van der Waals surface area contributed by atoms with Crippen LogP contribution in [0, 0.1) is 11.8 Å². The standard InChI is InChI=1S/C25H31Cl2N3O3/c1-4-16-13-30-10-8-17(16)11-22(30)23(33-24(31)29-25(2,14-26)15-27)19-7-9-28-21-6-5-18(32-3)12-20(19)21/h4-7,9,12,16-17,22-23H,1,8,10-11,13-15H2,2-3H3,(H,29,31)/t16-,17?,22-,23+/m0/s1. The molecule has 3 saturated heterocycles. The van der Waals surface area contributed by atoms with Crippen molar-refractivity contribution < 1.29 is 14.3 Å². The number of alkyl halides is 2. The van der Waals surface area contributed by atoms with E-state index in [1.165, 1.54) is 0 Å². The number of nitrogens with one attached hydrogen (secondary N) is 1. The van der Waals surface area contributed by atoms with E-state index in [1.807, 2.05) is 24.3 Å². The van der Waals surface area contributed by atoms with Gasteiger partial charge in [0, 0.05) is 35.5 Å². The summed E-state index contributed by atoms with van der Waals surface area (Å²) in [7, 11) is 1.64. The average molecular weight is 492 g/mol. The van der Waals surface area contributed by atoms with E-state index in [9.17, 15) is 4.79 Å². The van der Waals surface area contributed by atoms with Crippen molar-refractivity contribution in [3.8, 4) is 5.75 Å². The second-order valence-electron chi connectivity index (χ2n) is 9.31. The summed E-state index contributed by atoms with van der Waals surface area (Å²) in [5, 5.41) is 3.78. The fourth-order valence-electron chi connectivity index (χ4n) is 5.06. The van der Waals surface area contributed by atoms with Gasteiger partial charge in [-0.05, 0) is 62.4 Å². The molecule has 3 aliphatic rings. The number of alkyl carbamates (subject to hydrolysis) is 1. The van der Waals surface area contributed by atoms with Crippen molar-refractivity contribution in [3.63, 3.8) is 0 Å². The Morgan fingerprint density at radius 1 is 1.39 bits per heavy atom. The number of pyridine rings is 1. The van der Waals surface area contributed by atoms with Gasteiger partial charge in [0.15, 0.2) is 0 Å². The van der Waals surface area contributed by atoms with E-state index in [-0.39, 0.29) is 17.8 Å². The van der Waals surface area contributed by atoms with Gasteiger partial charge in [0.2, 0.25) is 0 Å². The molecule has 0 spiro atoms. The van der Waals surface area contributed by atoms with E-state index in [0.29, 0.717) is 11.8 Å². The van der Waals surface area contributed by atoms with Crippen molar-refractivity contribution in [2.45, 2.75) is 37.5 Å². The van der Waals surface area contributed by atoms with Gasteiger partial charge in [0.25, 0.3) is 0 Å². The molecule has 1 aromatic heterocycles. The van der Waals surface area contributed by atoms with E-state index >= 15 is 0 Å². The minimum Gasteiger partial charge on any atom is -0.497 e. The number of aromatic nitrogens is 1. The minimum atomic E-state index is -0.756. The summed E-state index contributed by atoms with van der Waals surface area (Å²) in [6, 6.07) is 7.76. The predicted octanol–water partition coefficient (Wildman–Crippen LogP) is 5.14. The molecule has 5 atom stereocenters. The number of fused-ring (bicyclic) bond motifs is 4. The zero-order chi connectivity index (χ0) is 23.6. The number of carbonyl (C=O) groups excluding carboxylic acids is 1. The molecule has 33 heavy (non-hydrogen) atoms. The molecule has 1 N–H and O–H groups in total. The molecule has 8 heteroatoms. The van der Waals surface area contributed by atoms with Crippen LogP contribution in [0.15, 0.2) is 43.1 Å². The normalized spacial score (nSPS) is 25.5. The summed E-state index contributed by atoms with van der Waals surface area (Å²) in [6.45, 7) is 7.74. The third kappa shape index (κ3) is 4.93. The topological polar surface area (TPSA) is 63.7 Å². The number of benzene rings is 1. The largest absolute Gasteiger partial charge is 0.497 e. The Labute approximate surface area is 205 Å². The van der Waals surface area contributed by atoms with Gasteiger partial charge in [-0.1, -0.05) is 6.08 Å². The summed E-state index contributed by atoms with van der Waals surface area (Å²) >= 11 is 12.1. The van der Waals surface area contributed by atoms with Crippen molar-refractivity contribution >= 4 is 40.2 Å². The van der Waals surface area contributed by atoms with Gasteiger partial charge < -0.3 is 14.8 Å². The van der Waals surface area contributed by atoms with Crippen molar-refractivity contribution in [1.82, 2.24) is 15.2 Å². The van der Waals surface area contributed by atoms with Crippen molar-refractivity contribution in [1.29, 1.82) is 0 Å². The Bertz CT molecular complexity index is 1010. The summed E-state index contributed by atoms with van der Waals surface area (Å²) in [5.41, 5.74) is 0.988. The Morgan fingerprint density at radius 3 is 2.82 bits per heavy atom. The minimum absolute atomic E-state index is 0.0563. The first-order chi connectivity index (χ1) is 15.9. The Morgan fingerprint density at radius 2 is 2.18 bits per heavy atom. The van der Waals surface area contributed by atoms with Crippen LogP contribution in [-0.4, -0.2) is 59.5 Å². The van der Waals surface area contributed by atoms with E-state index < -0.39 is 17.7 Å². The molecule has 3 aliphatic heterocycles. The SMILES string of the molecule is C=C[C@H]1CN2CCC1C[C@H]2[C@H](OC(=O)NC(C)(CCl)CCl)c1ccnc2ccc(OC)cc12. The molecular formula is C25H31Cl2N3O3. The van der Waals surface area contributed by atoms with Gasteiger partial charge in [-0.2, -0.15) is 0 Å². The molecule has 1 aromatic carbocycles. The first-order valence-corrected chi connectivity index (χ1v) is 12.4. The molecule has 6 nitrogen and oxygen atoms in total. The Kier molecular flexibility index (Phi) is 7.37. The van der Waals surface area contributed by atoms with Crippen molar-refractivity contribution in [2.75, 3.05) is 32.0 Å². The number of rotatable bonds is 8. The number of hydrogen-bond donors (Lipinski definition) is 1. The fraction of sp³-hybridized carbons (Fsp3) is 0.520. The molecule has 1 amide bonds. The van der Waals surface area contributed by atoms with E-state index in [1.54, 1.807) is 20.2 Å². The van der Waals surface area contributed by atoms with Gasteiger partial charge in [-0.3, -0.25) is 9.88 Å². The summed E-state index contributed by atoms with van der Waals surface area (Å²) in [5.74, 6) is 2.10. The lowest BCUT2D eigenvalue weighted by atomic mass is 9.73. The van der Waals surface area contributed by atoms with Crippen LogP contribution in [-0.2, 0) is 4.74 Å². The third-order valence-corrected chi connectivity index (χ3v) is 8.20. The fourth-order valence-corrected chi connectivity index (χ4v) is 5.48. The first-order valence-electron chi connectivity index (χ1n) is 11.3. The first kappa shape index (κ1) is 24.1. The highest BCUT2D eigenvalue weighted by atomic mass is 35.5. The van der Waals surface area contributed by atoms with Gasteiger partial charge in [-0.15, -0.1) is 29.8 Å². The monoisotopic (exact) mass is 491 g/mol. The van der Waals surface area contributed by atoms with Crippen LogP contribution in [0.2, 0.25) is 0 Å². The zero-order valence-electron chi connectivity index (χ0n) is 19.1.